The molecule has 4 rings (SSSR count). The Hall–Kier alpha value is -2.99. The van der Waals surface area contributed by atoms with Crippen molar-refractivity contribution in [2.75, 3.05) is 5.32 Å². The normalized spacial score (nSPS) is 11.0. The lowest BCUT2D eigenvalue weighted by Gasteiger charge is -2.11. The van der Waals surface area contributed by atoms with E-state index in [2.05, 4.69) is 15.3 Å². The second-order valence-corrected chi connectivity index (χ2v) is 6.97. The second-order valence-electron chi connectivity index (χ2n) is 6.25. The summed E-state index contributed by atoms with van der Waals surface area (Å²) in [5.41, 5.74) is 7.33. The van der Waals surface area contributed by atoms with E-state index in [-0.39, 0.29) is 12.5 Å². The Morgan fingerprint density at radius 2 is 2.04 bits per heavy atom. The summed E-state index contributed by atoms with van der Waals surface area (Å²) in [6, 6.07) is 13.9. The van der Waals surface area contributed by atoms with E-state index in [9.17, 15) is 4.79 Å². The van der Waals surface area contributed by atoms with E-state index in [1.54, 1.807) is 5.51 Å². The molecule has 0 saturated carbocycles. The van der Waals surface area contributed by atoms with Crippen molar-refractivity contribution >= 4 is 34.0 Å². The number of anilines is 1. The van der Waals surface area contributed by atoms with E-state index in [1.165, 1.54) is 11.3 Å². The van der Waals surface area contributed by atoms with Crippen molar-refractivity contribution in [3.63, 3.8) is 0 Å². The predicted octanol–water partition coefficient (Wildman–Crippen LogP) is 4.42. The molecule has 0 fully saturated rings. The molecule has 0 aliphatic heterocycles. The topological polar surface area (TPSA) is 59.8 Å². The minimum atomic E-state index is -0.0849. The average Bonchev–Trinajstić information content (AvgIpc) is 3.26. The van der Waals surface area contributed by atoms with Crippen LogP contribution < -0.4 is 5.32 Å². The number of nitrogens with one attached hydrogen (secondary N) is 1. The summed E-state index contributed by atoms with van der Waals surface area (Å²) in [7, 11) is 0. The molecule has 1 amide bonds. The number of imidazole rings is 1. The summed E-state index contributed by atoms with van der Waals surface area (Å²) in [6.45, 7) is 4.18. The zero-order chi connectivity index (χ0) is 18.1. The fourth-order valence-corrected chi connectivity index (χ4v) is 3.49. The first-order valence-electron chi connectivity index (χ1n) is 8.33. The van der Waals surface area contributed by atoms with E-state index in [0.29, 0.717) is 5.82 Å². The first-order chi connectivity index (χ1) is 12.6. The molecule has 2 heterocycles. The Bertz CT molecular complexity index is 1080. The van der Waals surface area contributed by atoms with Crippen LogP contribution in [-0.4, -0.2) is 20.4 Å². The second kappa shape index (κ2) is 6.72. The van der Waals surface area contributed by atoms with Gasteiger partial charge >= 0.3 is 0 Å². The molecule has 0 radical (unpaired) electrons. The minimum Gasteiger partial charge on any atom is -0.324 e. The average molecular weight is 362 g/mol. The van der Waals surface area contributed by atoms with Gasteiger partial charge in [-0.25, -0.2) is 9.97 Å². The van der Waals surface area contributed by atoms with Crippen LogP contribution in [0.4, 0.5) is 5.69 Å². The van der Waals surface area contributed by atoms with Gasteiger partial charge in [-0.2, -0.15) is 0 Å². The third-order valence-electron chi connectivity index (χ3n) is 4.28. The van der Waals surface area contributed by atoms with Gasteiger partial charge in [-0.05, 0) is 43.2 Å². The lowest BCUT2D eigenvalue weighted by Crippen LogP contribution is -2.20. The Balaban J connectivity index is 1.69. The van der Waals surface area contributed by atoms with Crippen LogP contribution in [0.1, 0.15) is 11.1 Å². The molecule has 0 spiro atoms. The highest BCUT2D eigenvalue weighted by atomic mass is 32.1. The number of carbonyl (C=O) groups excluding carboxylic acids is 1. The van der Waals surface area contributed by atoms with Crippen molar-refractivity contribution in [1.29, 1.82) is 0 Å². The number of fused-ring (bicyclic) bond motifs is 1. The SMILES string of the molecule is Cc1ccc(C)c(NC(=O)Cn2c(-c3cscn3)nc3ccccc32)c1. The van der Waals surface area contributed by atoms with Crippen LogP contribution in [0.3, 0.4) is 0 Å². The zero-order valence-electron chi connectivity index (χ0n) is 14.6. The molecule has 0 unspecified atom stereocenters. The zero-order valence-corrected chi connectivity index (χ0v) is 15.4. The quantitative estimate of drug-likeness (QED) is 0.585. The molecule has 0 bridgehead atoms. The van der Waals surface area contributed by atoms with Gasteiger partial charge in [-0.3, -0.25) is 4.79 Å². The fourth-order valence-electron chi connectivity index (χ4n) is 2.96. The molecule has 6 heteroatoms. The van der Waals surface area contributed by atoms with E-state index >= 15 is 0 Å². The molecule has 0 aliphatic rings. The largest absolute Gasteiger partial charge is 0.324 e. The van der Waals surface area contributed by atoms with Crippen LogP contribution in [0.25, 0.3) is 22.6 Å². The van der Waals surface area contributed by atoms with Gasteiger partial charge in [-0.15, -0.1) is 11.3 Å². The number of thiazole rings is 1. The van der Waals surface area contributed by atoms with Crippen LogP contribution in [-0.2, 0) is 11.3 Å². The maximum absolute atomic E-state index is 12.7. The smallest absolute Gasteiger partial charge is 0.244 e. The van der Waals surface area contributed by atoms with Crippen molar-refractivity contribution in [3.05, 3.63) is 64.5 Å². The van der Waals surface area contributed by atoms with Crippen LogP contribution >= 0.6 is 11.3 Å². The molecule has 0 aliphatic carbocycles. The van der Waals surface area contributed by atoms with E-state index in [4.69, 9.17) is 0 Å². The van der Waals surface area contributed by atoms with Crippen molar-refractivity contribution in [2.45, 2.75) is 20.4 Å². The van der Waals surface area contributed by atoms with Crippen LogP contribution in [0.5, 0.6) is 0 Å². The Labute approximate surface area is 155 Å². The Morgan fingerprint density at radius 3 is 2.85 bits per heavy atom. The lowest BCUT2D eigenvalue weighted by atomic mass is 10.1. The third kappa shape index (κ3) is 3.11. The molecular weight excluding hydrogens is 344 g/mol. The summed E-state index contributed by atoms with van der Waals surface area (Å²) in [4.78, 5) is 21.8. The highest BCUT2D eigenvalue weighted by Crippen LogP contribution is 2.25. The number of benzene rings is 2. The number of hydrogen-bond donors (Lipinski definition) is 1. The van der Waals surface area contributed by atoms with Crippen molar-refractivity contribution < 1.29 is 4.79 Å². The van der Waals surface area contributed by atoms with Crippen LogP contribution in [0.15, 0.2) is 53.4 Å². The number of aryl methyl sites for hydroxylation is 2. The van der Waals surface area contributed by atoms with Gasteiger partial charge in [-0.1, -0.05) is 24.3 Å². The number of rotatable bonds is 4. The number of nitrogens with zero attached hydrogens (tertiary/aromatic N) is 3. The Morgan fingerprint density at radius 1 is 1.19 bits per heavy atom. The van der Waals surface area contributed by atoms with Crippen molar-refractivity contribution in [2.24, 2.45) is 0 Å². The molecule has 26 heavy (non-hydrogen) atoms. The minimum absolute atomic E-state index is 0.0849. The highest BCUT2D eigenvalue weighted by Gasteiger charge is 2.16. The summed E-state index contributed by atoms with van der Waals surface area (Å²) < 4.78 is 1.92. The number of amides is 1. The van der Waals surface area contributed by atoms with Gasteiger partial charge in [0.25, 0.3) is 0 Å². The fraction of sp³-hybridized carbons (Fsp3) is 0.150. The predicted molar refractivity (Wildman–Crippen MR) is 105 cm³/mol. The number of para-hydroxylation sites is 2. The summed E-state index contributed by atoms with van der Waals surface area (Å²) in [6.07, 6.45) is 0. The third-order valence-corrected chi connectivity index (χ3v) is 4.87. The van der Waals surface area contributed by atoms with Crippen molar-refractivity contribution in [3.8, 4) is 11.5 Å². The van der Waals surface area contributed by atoms with Crippen LogP contribution in [0.2, 0.25) is 0 Å². The van der Waals surface area contributed by atoms with Gasteiger partial charge in [0.15, 0.2) is 5.82 Å². The van der Waals surface area contributed by atoms with E-state index < -0.39 is 0 Å². The maximum Gasteiger partial charge on any atom is 0.244 e. The molecule has 2 aromatic heterocycles. The molecule has 4 aromatic rings. The first kappa shape index (κ1) is 16.5. The van der Waals surface area contributed by atoms with E-state index in [0.717, 1.165) is 33.5 Å². The number of hydrogen-bond acceptors (Lipinski definition) is 4. The number of carbonyl (C=O) groups is 1. The highest BCUT2D eigenvalue weighted by molar-refractivity contribution is 7.07. The molecular formula is C20H18N4OS. The van der Waals surface area contributed by atoms with Gasteiger partial charge in [0.1, 0.15) is 12.2 Å². The van der Waals surface area contributed by atoms with Gasteiger partial charge in [0, 0.05) is 11.1 Å². The Kier molecular flexibility index (Phi) is 4.26. The summed E-state index contributed by atoms with van der Waals surface area (Å²) in [5, 5.41) is 4.97. The standard InChI is InChI=1S/C20H18N4OS/c1-13-7-8-14(2)16(9-13)22-19(25)10-24-18-6-4-3-5-15(18)23-20(24)17-11-26-12-21-17/h3-9,11-12H,10H2,1-2H3,(H,22,25). The molecule has 5 nitrogen and oxygen atoms in total. The van der Waals surface area contributed by atoms with Gasteiger partial charge in [0.2, 0.25) is 5.91 Å². The number of aromatic nitrogens is 3. The maximum atomic E-state index is 12.7. The van der Waals surface area contributed by atoms with Crippen molar-refractivity contribution in [1.82, 2.24) is 14.5 Å². The molecule has 1 N–H and O–H groups in total. The summed E-state index contributed by atoms with van der Waals surface area (Å²) in [5.74, 6) is 0.627. The molecule has 130 valence electrons. The van der Waals surface area contributed by atoms with E-state index in [1.807, 2.05) is 66.3 Å². The molecule has 0 saturated heterocycles. The summed E-state index contributed by atoms with van der Waals surface area (Å²) >= 11 is 1.51. The van der Waals surface area contributed by atoms with Crippen LogP contribution in [0, 0.1) is 13.8 Å². The first-order valence-corrected chi connectivity index (χ1v) is 9.27. The molecule has 0 atom stereocenters. The molecule has 2 aromatic carbocycles. The van der Waals surface area contributed by atoms with Gasteiger partial charge < -0.3 is 9.88 Å². The lowest BCUT2D eigenvalue weighted by molar-refractivity contribution is -0.116. The monoisotopic (exact) mass is 362 g/mol. The van der Waals surface area contributed by atoms with Gasteiger partial charge in [0.05, 0.1) is 16.5 Å².